The van der Waals surface area contributed by atoms with Crippen LogP contribution in [0.2, 0.25) is 5.02 Å². The summed E-state index contributed by atoms with van der Waals surface area (Å²) in [7, 11) is 1.70. The van der Waals surface area contributed by atoms with E-state index in [0.29, 0.717) is 29.7 Å². The maximum absolute atomic E-state index is 12.2. The van der Waals surface area contributed by atoms with Gasteiger partial charge in [-0.15, -0.1) is 5.10 Å². The Morgan fingerprint density at radius 1 is 1.15 bits per heavy atom. The van der Waals surface area contributed by atoms with Crippen LogP contribution >= 0.6 is 11.6 Å². The van der Waals surface area contributed by atoms with Crippen molar-refractivity contribution in [2.45, 2.75) is 0 Å². The van der Waals surface area contributed by atoms with Crippen LogP contribution in [-0.4, -0.2) is 40.9 Å². The van der Waals surface area contributed by atoms with Crippen molar-refractivity contribution in [3.8, 4) is 11.4 Å². The summed E-state index contributed by atoms with van der Waals surface area (Å²) in [5, 5.41) is 7.78. The molecule has 0 aliphatic carbocycles. The topological polar surface area (TPSA) is 59.4 Å². The predicted molar refractivity (Wildman–Crippen MR) is 102 cm³/mol. The first kappa shape index (κ1) is 17.8. The summed E-state index contributed by atoms with van der Waals surface area (Å²) in [5.74, 6) is 1.20. The molecule has 1 N–H and O–H groups in total. The first-order valence-corrected chi connectivity index (χ1v) is 8.51. The van der Waals surface area contributed by atoms with E-state index in [-0.39, 0.29) is 6.03 Å². The number of urea groups is 1. The third-order valence-electron chi connectivity index (χ3n) is 3.70. The first-order valence-electron chi connectivity index (χ1n) is 8.13. The molecule has 2 amide bonds. The third-order valence-corrected chi connectivity index (χ3v) is 3.95. The molecule has 0 bridgehead atoms. The molecule has 0 aliphatic rings. The average molecular weight is 371 g/mol. The molecule has 7 heteroatoms. The van der Waals surface area contributed by atoms with Crippen LogP contribution in [0.25, 0.3) is 5.69 Å². The minimum Gasteiger partial charge on any atom is -0.492 e. The zero-order chi connectivity index (χ0) is 18.4. The number of ether oxygens (including phenoxy) is 1. The van der Waals surface area contributed by atoms with Crippen molar-refractivity contribution in [2.75, 3.05) is 25.5 Å². The minimum absolute atomic E-state index is 0.247. The summed E-state index contributed by atoms with van der Waals surface area (Å²) in [6, 6.07) is 18.3. The van der Waals surface area contributed by atoms with Crippen molar-refractivity contribution < 1.29 is 9.53 Å². The van der Waals surface area contributed by atoms with Gasteiger partial charge in [-0.25, -0.2) is 9.48 Å². The number of carbonyl (C=O) groups is 1. The molecule has 0 saturated carbocycles. The Morgan fingerprint density at radius 2 is 1.88 bits per heavy atom. The van der Waals surface area contributed by atoms with E-state index < -0.39 is 0 Å². The van der Waals surface area contributed by atoms with Crippen LogP contribution in [0.5, 0.6) is 5.75 Å². The molecule has 1 heterocycles. The van der Waals surface area contributed by atoms with Gasteiger partial charge in [0.15, 0.2) is 5.82 Å². The van der Waals surface area contributed by atoms with Gasteiger partial charge in [-0.2, -0.15) is 0 Å². The van der Waals surface area contributed by atoms with E-state index in [9.17, 15) is 4.79 Å². The second-order valence-electron chi connectivity index (χ2n) is 5.64. The molecule has 0 unspecified atom stereocenters. The van der Waals surface area contributed by atoms with Gasteiger partial charge in [0.1, 0.15) is 12.4 Å². The highest BCUT2D eigenvalue weighted by atomic mass is 35.5. The monoisotopic (exact) mass is 370 g/mol. The molecule has 0 atom stereocenters. The number of aromatic nitrogens is 2. The Balaban J connectivity index is 1.48. The van der Waals surface area contributed by atoms with E-state index in [1.54, 1.807) is 48.3 Å². The summed E-state index contributed by atoms with van der Waals surface area (Å²) in [6.07, 6.45) is 1.80. The first-order chi connectivity index (χ1) is 12.6. The van der Waals surface area contributed by atoms with Crippen molar-refractivity contribution in [3.05, 3.63) is 71.9 Å². The van der Waals surface area contributed by atoms with Gasteiger partial charge in [0.25, 0.3) is 0 Å². The molecular weight excluding hydrogens is 352 g/mol. The highest BCUT2D eigenvalue weighted by Gasteiger charge is 2.11. The quantitative estimate of drug-likeness (QED) is 0.711. The predicted octanol–water partition coefficient (Wildman–Crippen LogP) is 4.07. The maximum atomic E-state index is 12.2. The highest BCUT2D eigenvalue weighted by molar-refractivity contribution is 6.30. The Labute approximate surface area is 157 Å². The van der Waals surface area contributed by atoms with Crippen LogP contribution < -0.4 is 10.1 Å². The number of likely N-dealkylation sites (N-methyl/N-ethyl adjacent to an activating group) is 1. The number of hydrogen-bond acceptors (Lipinski definition) is 3. The van der Waals surface area contributed by atoms with Gasteiger partial charge in [0.2, 0.25) is 0 Å². The van der Waals surface area contributed by atoms with E-state index in [2.05, 4.69) is 10.4 Å². The van der Waals surface area contributed by atoms with Gasteiger partial charge >= 0.3 is 6.03 Å². The lowest BCUT2D eigenvalue weighted by Gasteiger charge is -2.17. The number of para-hydroxylation sites is 1. The number of hydrogen-bond donors (Lipinski definition) is 1. The fourth-order valence-electron chi connectivity index (χ4n) is 2.25. The number of carbonyl (C=O) groups excluding carboxylic acids is 1. The van der Waals surface area contributed by atoms with E-state index in [1.165, 1.54) is 4.90 Å². The molecule has 3 aromatic rings. The highest BCUT2D eigenvalue weighted by Crippen LogP contribution is 2.15. The van der Waals surface area contributed by atoms with Crippen molar-refractivity contribution in [1.29, 1.82) is 0 Å². The molecule has 134 valence electrons. The molecule has 0 saturated heterocycles. The lowest BCUT2D eigenvalue weighted by molar-refractivity contribution is 0.207. The molecular formula is C19H19ClN4O2. The summed E-state index contributed by atoms with van der Waals surface area (Å²) in [5.41, 5.74) is 0.928. The molecule has 0 aliphatic heterocycles. The van der Waals surface area contributed by atoms with Gasteiger partial charge in [0, 0.05) is 24.3 Å². The van der Waals surface area contributed by atoms with Crippen LogP contribution in [0.1, 0.15) is 0 Å². The summed E-state index contributed by atoms with van der Waals surface area (Å²) < 4.78 is 7.30. The lowest BCUT2D eigenvalue weighted by Crippen LogP contribution is -2.34. The van der Waals surface area contributed by atoms with E-state index in [1.807, 2.05) is 30.3 Å². The van der Waals surface area contributed by atoms with Crippen LogP contribution in [0.4, 0.5) is 10.6 Å². The minimum atomic E-state index is -0.247. The normalized spacial score (nSPS) is 10.4. The van der Waals surface area contributed by atoms with Crippen LogP contribution in [0.15, 0.2) is 66.9 Å². The Hall–Kier alpha value is -2.99. The number of rotatable bonds is 6. The summed E-state index contributed by atoms with van der Waals surface area (Å²) in [4.78, 5) is 13.8. The molecule has 1 aromatic heterocycles. The second-order valence-corrected chi connectivity index (χ2v) is 6.07. The zero-order valence-corrected chi connectivity index (χ0v) is 15.1. The van der Waals surface area contributed by atoms with Crippen molar-refractivity contribution in [3.63, 3.8) is 0 Å². The fraction of sp³-hybridized carbons (Fsp3) is 0.158. The van der Waals surface area contributed by atoms with Gasteiger partial charge in [-0.3, -0.25) is 5.32 Å². The number of anilines is 1. The second kappa shape index (κ2) is 8.40. The summed E-state index contributed by atoms with van der Waals surface area (Å²) >= 11 is 5.83. The van der Waals surface area contributed by atoms with E-state index in [0.717, 1.165) is 5.69 Å². The number of benzene rings is 2. The Bertz CT molecular complexity index is 849. The Kier molecular flexibility index (Phi) is 5.76. The van der Waals surface area contributed by atoms with Crippen molar-refractivity contribution >= 4 is 23.4 Å². The average Bonchev–Trinajstić information content (AvgIpc) is 3.12. The zero-order valence-electron chi connectivity index (χ0n) is 14.3. The van der Waals surface area contributed by atoms with Gasteiger partial charge < -0.3 is 9.64 Å². The molecule has 3 rings (SSSR count). The molecule has 0 spiro atoms. The number of nitrogens with zero attached hydrogens (tertiary/aromatic N) is 3. The molecule has 0 radical (unpaired) electrons. The third kappa shape index (κ3) is 4.77. The molecule has 6 nitrogen and oxygen atoms in total. The largest absolute Gasteiger partial charge is 0.492 e. The van der Waals surface area contributed by atoms with Gasteiger partial charge in [-0.1, -0.05) is 29.8 Å². The maximum Gasteiger partial charge on any atom is 0.322 e. The van der Waals surface area contributed by atoms with E-state index in [4.69, 9.17) is 16.3 Å². The summed E-state index contributed by atoms with van der Waals surface area (Å²) in [6.45, 7) is 0.817. The molecule has 26 heavy (non-hydrogen) atoms. The number of halogens is 1. The molecule has 0 fully saturated rings. The van der Waals surface area contributed by atoms with Crippen LogP contribution in [-0.2, 0) is 0 Å². The lowest BCUT2D eigenvalue weighted by atomic mass is 10.3. The fourth-order valence-corrected chi connectivity index (χ4v) is 2.38. The SMILES string of the molecule is CN(CCOc1ccc(Cl)cc1)C(=O)Nc1ccn(-c2ccccc2)n1. The Morgan fingerprint density at radius 3 is 2.62 bits per heavy atom. The van der Waals surface area contributed by atoms with Crippen molar-refractivity contribution in [1.82, 2.24) is 14.7 Å². The van der Waals surface area contributed by atoms with Crippen LogP contribution in [0, 0.1) is 0 Å². The standard InChI is InChI=1S/C19H19ClN4O2/c1-23(13-14-26-17-9-7-15(20)8-10-17)19(25)21-18-11-12-24(22-18)16-5-3-2-4-6-16/h2-12H,13-14H2,1H3,(H,21,22,25). The van der Waals surface area contributed by atoms with Gasteiger partial charge in [-0.05, 0) is 36.4 Å². The number of nitrogens with one attached hydrogen (secondary N) is 1. The molecule has 2 aromatic carbocycles. The van der Waals surface area contributed by atoms with E-state index >= 15 is 0 Å². The van der Waals surface area contributed by atoms with Gasteiger partial charge in [0.05, 0.1) is 12.2 Å². The smallest absolute Gasteiger partial charge is 0.322 e. The number of amides is 2. The van der Waals surface area contributed by atoms with Crippen molar-refractivity contribution in [2.24, 2.45) is 0 Å². The van der Waals surface area contributed by atoms with Crippen LogP contribution in [0.3, 0.4) is 0 Å².